The van der Waals surface area contributed by atoms with Crippen molar-refractivity contribution in [3.63, 3.8) is 0 Å². The topological polar surface area (TPSA) is 47.9 Å². The monoisotopic (exact) mass is 268 g/mol. The molecule has 108 valence electrons. The summed E-state index contributed by atoms with van der Waals surface area (Å²) < 4.78 is 17.5. The van der Waals surface area contributed by atoms with Crippen molar-refractivity contribution in [1.29, 1.82) is 0 Å². The second-order valence-corrected chi connectivity index (χ2v) is 7.99. The van der Waals surface area contributed by atoms with E-state index in [-0.39, 0.29) is 17.6 Å². The summed E-state index contributed by atoms with van der Waals surface area (Å²) >= 11 is 0. The summed E-state index contributed by atoms with van der Waals surface area (Å²) in [5.41, 5.74) is 0.133. The Morgan fingerprint density at radius 2 is 1.84 bits per heavy atom. The minimum absolute atomic E-state index is 0.0672. The van der Waals surface area contributed by atoms with Crippen LogP contribution in [0.2, 0.25) is 0 Å². The van der Waals surface area contributed by atoms with Crippen molar-refractivity contribution in [2.75, 3.05) is 7.11 Å². The summed E-state index contributed by atoms with van der Waals surface area (Å²) in [6, 6.07) is 0. The van der Waals surface area contributed by atoms with Crippen molar-refractivity contribution >= 4 is 0 Å². The predicted octanol–water partition coefficient (Wildman–Crippen LogP) is 1.91. The van der Waals surface area contributed by atoms with Crippen molar-refractivity contribution in [2.24, 2.45) is 23.2 Å². The Labute approximate surface area is 114 Å². The van der Waals surface area contributed by atoms with Gasteiger partial charge >= 0.3 is 0 Å². The Morgan fingerprint density at radius 1 is 1.11 bits per heavy atom. The lowest BCUT2D eigenvalue weighted by atomic mass is 9.67. The first-order valence-corrected chi connectivity index (χ1v) is 7.40. The Kier molecular flexibility index (Phi) is 2.22. The molecule has 0 radical (unpaired) electrons. The highest BCUT2D eigenvalue weighted by atomic mass is 16.8. The van der Waals surface area contributed by atoms with Crippen molar-refractivity contribution in [3.8, 4) is 0 Å². The Morgan fingerprint density at radius 3 is 2.53 bits per heavy atom. The molecule has 4 nitrogen and oxygen atoms in total. The molecule has 2 heterocycles. The third-order valence-electron chi connectivity index (χ3n) is 6.07. The van der Waals surface area contributed by atoms with Crippen LogP contribution in [-0.4, -0.2) is 36.0 Å². The van der Waals surface area contributed by atoms with E-state index in [1.165, 1.54) is 0 Å². The average molecular weight is 268 g/mol. The van der Waals surface area contributed by atoms with E-state index in [4.69, 9.17) is 14.2 Å². The van der Waals surface area contributed by atoms with E-state index in [0.717, 1.165) is 19.3 Å². The quantitative estimate of drug-likeness (QED) is 0.789. The fourth-order valence-corrected chi connectivity index (χ4v) is 5.46. The molecule has 19 heavy (non-hydrogen) atoms. The van der Waals surface area contributed by atoms with Gasteiger partial charge in [-0.1, -0.05) is 13.8 Å². The molecule has 0 spiro atoms. The molecule has 4 fully saturated rings. The molecule has 4 rings (SSSR count). The van der Waals surface area contributed by atoms with Gasteiger partial charge in [0, 0.05) is 13.0 Å². The van der Waals surface area contributed by atoms with Gasteiger partial charge < -0.3 is 19.3 Å². The molecule has 0 aromatic rings. The lowest BCUT2D eigenvalue weighted by Crippen LogP contribution is -2.48. The molecule has 2 saturated heterocycles. The Balaban J connectivity index is 1.77. The highest BCUT2D eigenvalue weighted by Gasteiger charge is 2.74. The fraction of sp³-hybridized carbons (Fsp3) is 1.00. The van der Waals surface area contributed by atoms with Gasteiger partial charge in [0.05, 0.1) is 11.7 Å². The van der Waals surface area contributed by atoms with Gasteiger partial charge in [0.1, 0.15) is 0 Å². The van der Waals surface area contributed by atoms with Gasteiger partial charge in [0.2, 0.25) is 12.1 Å². The highest BCUT2D eigenvalue weighted by molar-refractivity contribution is 5.16. The number of hydrogen-bond acceptors (Lipinski definition) is 4. The van der Waals surface area contributed by atoms with Crippen LogP contribution in [0.3, 0.4) is 0 Å². The lowest BCUT2D eigenvalue weighted by molar-refractivity contribution is -0.325. The number of methoxy groups -OCH3 is 1. The SMILES string of the molecule is CO[C@@H]1OC2C3C[C@](C)(O[C@]31O)[C@H]1CC(C)(C)C[C@@H]21. The zero-order valence-electron chi connectivity index (χ0n) is 12.2. The Hall–Kier alpha value is -0.160. The molecule has 2 bridgehead atoms. The molecule has 1 N–H and O–H groups in total. The molecule has 7 atom stereocenters. The van der Waals surface area contributed by atoms with E-state index in [1.807, 2.05) is 0 Å². The van der Waals surface area contributed by atoms with Crippen LogP contribution in [0.4, 0.5) is 0 Å². The van der Waals surface area contributed by atoms with Gasteiger partial charge in [-0.25, -0.2) is 0 Å². The van der Waals surface area contributed by atoms with Crippen LogP contribution in [0, 0.1) is 23.2 Å². The van der Waals surface area contributed by atoms with Gasteiger partial charge in [0.25, 0.3) is 0 Å². The summed E-state index contributed by atoms with van der Waals surface area (Å²) in [6.45, 7) is 6.83. The zero-order valence-corrected chi connectivity index (χ0v) is 12.2. The minimum Gasteiger partial charge on any atom is -0.361 e. The number of rotatable bonds is 1. The molecule has 0 amide bonds. The van der Waals surface area contributed by atoms with Gasteiger partial charge in [-0.05, 0) is 43.4 Å². The maximum absolute atomic E-state index is 10.8. The van der Waals surface area contributed by atoms with Crippen LogP contribution in [-0.2, 0) is 14.2 Å². The second-order valence-electron chi connectivity index (χ2n) is 7.99. The molecule has 0 aromatic carbocycles. The fourth-order valence-electron chi connectivity index (χ4n) is 5.46. The summed E-state index contributed by atoms with van der Waals surface area (Å²) in [4.78, 5) is 0. The molecule has 4 aliphatic rings. The van der Waals surface area contributed by atoms with E-state index in [0.29, 0.717) is 17.3 Å². The number of ether oxygens (including phenoxy) is 3. The van der Waals surface area contributed by atoms with Crippen LogP contribution in [0.5, 0.6) is 0 Å². The minimum atomic E-state index is -1.23. The number of fused-ring (bicyclic) bond motifs is 4. The van der Waals surface area contributed by atoms with Crippen LogP contribution in [0.25, 0.3) is 0 Å². The molecular weight excluding hydrogens is 244 g/mol. The Bertz CT molecular complexity index is 422. The third-order valence-corrected chi connectivity index (χ3v) is 6.07. The van der Waals surface area contributed by atoms with Crippen molar-refractivity contribution in [1.82, 2.24) is 0 Å². The number of aliphatic hydroxyl groups is 1. The van der Waals surface area contributed by atoms with E-state index in [1.54, 1.807) is 7.11 Å². The number of hydrogen-bond donors (Lipinski definition) is 1. The zero-order chi connectivity index (χ0) is 13.6. The van der Waals surface area contributed by atoms with E-state index >= 15 is 0 Å². The van der Waals surface area contributed by atoms with E-state index in [2.05, 4.69) is 20.8 Å². The standard InChI is InChI=1S/C15H24O4/c1-13(2)5-8-9(6-13)14(3)7-10-11(8)18-12(17-4)15(10,16)19-14/h8-12,16H,5-7H2,1-4H3/t8-,9+,10?,11?,12-,14+,15-/m1/s1. The normalized spacial score (nSPS) is 61.4. The maximum Gasteiger partial charge on any atom is 0.224 e. The first-order valence-electron chi connectivity index (χ1n) is 7.40. The van der Waals surface area contributed by atoms with Gasteiger partial charge in [-0.2, -0.15) is 0 Å². The lowest BCUT2D eigenvalue weighted by Gasteiger charge is -2.43. The van der Waals surface area contributed by atoms with Crippen LogP contribution in [0.15, 0.2) is 0 Å². The van der Waals surface area contributed by atoms with E-state index in [9.17, 15) is 5.11 Å². The third kappa shape index (κ3) is 1.39. The molecule has 0 aromatic heterocycles. The van der Waals surface area contributed by atoms with Crippen LogP contribution >= 0.6 is 0 Å². The summed E-state index contributed by atoms with van der Waals surface area (Å²) in [5.74, 6) is -0.177. The molecule has 4 heteroatoms. The van der Waals surface area contributed by atoms with Crippen LogP contribution < -0.4 is 0 Å². The molecule has 2 aliphatic carbocycles. The van der Waals surface area contributed by atoms with Gasteiger partial charge in [-0.3, -0.25) is 0 Å². The smallest absolute Gasteiger partial charge is 0.224 e. The summed E-state index contributed by atoms with van der Waals surface area (Å²) in [6.07, 6.45) is 2.68. The maximum atomic E-state index is 10.8. The highest BCUT2D eigenvalue weighted by Crippen LogP contribution is 2.66. The second kappa shape index (κ2) is 3.35. The van der Waals surface area contributed by atoms with Gasteiger partial charge in [-0.15, -0.1) is 0 Å². The largest absolute Gasteiger partial charge is 0.361 e. The van der Waals surface area contributed by atoms with Crippen LogP contribution in [0.1, 0.15) is 40.0 Å². The molecule has 2 saturated carbocycles. The van der Waals surface area contributed by atoms with Crippen molar-refractivity contribution < 1.29 is 19.3 Å². The summed E-state index contributed by atoms with van der Waals surface area (Å²) in [5, 5.41) is 10.8. The van der Waals surface area contributed by atoms with Crippen molar-refractivity contribution in [3.05, 3.63) is 0 Å². The molecule has 2 unspecified atom stereocenters. The van der Waals surface area contributed by atoms with Gasteiger partial charge in [0.15, 0.2) is 0 Å². The molecular formula is C15H24O4. The predicted molar refractivity (Wildman–Crippen MR) is 68.2 cm³/mol. The summed E-state index contributed by atoms with van der Waals surface area (Å²) in [7, 11) is 1.58. The first kappa shape index (κ1) is 12.6. The first-order chi connectivity index (χ1) is 8.79. The van der Waals surface area contributed by atoms with Crippen molar-refractivity contribution in [2.45, 2.75) is 63.8 Å². The molecule has 2 aliphatic heterocycles. The van der Waals surface area contributed by atoms with E-state index < -0.39 is 12.1 Å². The average Bonchev–Trinajstić information content (AvgIpc) is 2.83.